The number of hydrogen-bond donors (Lipinski definition) is 3. The van der Waals surface area contributed by atoms with E-state index in [1.54, 1.807) is 19.2 Å². The Morgan fingerprint density at radius 3 is 2.29 bits per heavy atom. The maximum atomic E-state index is 11.4. The van der Waals surface area contributed by atoms with Crippen LogP contribution in [0.25, 0.3) is 0 Å². The number of nitrogens with zero attached hydrogens (tertiary/aromatic N) is 1. The largest absolute Gasteiger partial charge is 0.457 e. The van der Waals surface area contributed by atoms with Crippen LogP contribution in [0.5, 0.6) is 11.5 Å². The van der Waals surface area contributed by atoms with E-state index in [0.29, 0.717) is 19.0 Å². The summed E-state index contributed by atoms with van der Waals surface area (Å²) in [5, 5.41) is 11.6. The van der Waals surface area contributed by atoms with Gasteiger partial charge in [0.25, 0.3) is 0 Å². The number of aliphatic imine (C=N–C) groups is 1. The predicted molar refractivity (Wildman–Crippen MR) is 123 cm³/mol. The first-order chi connectivity index (χ1) is 14.8. The first kappa shape index (κ1) is 22.3. The Morgan fingerprint density at radius 1 is 0.968 bits per heavy atom. The second kappa shape index (κ2) is 10.1. The Hall–Kier alpha value is -3.36. The molecule has 0 amide bonds. The van der Waals surface area contributed by atoms with Gasteiger partial charge in [0.2, 0.25) is 10.0 Å². The third-order valence-corrected chi connectivity index (χ3v) is 5.50. The molecule has 0 spiro atoms. The molecular formula is C23H26N4O3S. The minimum Gasteiger partial charge on any atom is -0.457 e. The van der Waals surface area contributed by atoms with Crippen molar-refractivity contribution >= 4 is 16.0 Å². The van der Waals surface area contributed by atoms with E-state index >= 15 is 0 Å². The lowest BCUT2D eigenvalue weighted by Crippen LogP contribution is -2.36. The SMILES string of the molecule is CN=C(NCc1ccc(S(N)(=O)=O)cc1)NCc1ccc(C)cc1Oc1ccccc1. The third kappa shape index (κ3) is 6.56. The highest BCUT2D eigenvalue weighted by Gasteiger charge is 2.09. The highest BCUT2D eigenvalue weighted by Crippen LogP contribution is 2.26. The van der Waals surface area contributed by atoms with E-state index in [1.165, 1.54) is 12.1 Å². The molecule has 162 valence electrons. The number of benzene rings is 3. The Labute approximate surface area is 183 Å². The van der Waals surface area contributed by atoms with Gasteiger partial charge in [-0.3, -0.25) is 4.99 Å². The molecule has 0 bridgehead atoms. The standard InChI is InChI=1S/C23H26N4O3S/c1-17-8-11-19(22(14-17)30-20-6-4-3-5-7-20)16-27-23(25-2)26-15-18-9-12-21(13-10-18)31(24,28)29/h3-14H,15-16H2,1-2H3,(H2,24,28,29)(H2,25,26,27). The maximum Gasteiger partial charge on any atom is 0.238 e. The zero-order valence-electron chi connectivity index (χ0n) is 17.5. The first-order valence-electron chi connectivity index (χ1n) is 9.74. The monoisotopic (exact) mass is 438 g/mol. The van der Waals surface area contributed by atoms with Gasteiger partial charge in [-0.1, -0.05) is 42.5 Å². The number of nitrogens with one attached hydrogen (secondary N) is 2. The van der Waals surface area contributed by atoms with Gasteiger partial charge in [0.1, 0.15) is 11.5 Å². The molecule has 4 N–H and O–H groups in total. The average Bonchev–Trinajstić information content (AvgIpc) is 2.75. The van der Waals surface area contributed by atoms with Gasteiger partial charge >= 0.3 is 0 Å². The molecular weight excluding hydrogens is 412 g/mol. The first-order valence-corrected chi connectivity index (χ1v) is 11.3. The van der Waals surface area contributed by atoms with Gasteiger partial charge in [-0.25, -0.2) is 13.6 Å². The van der Waals surface area contributed by atoms with Gasteiger partial charge in [0, 0.05) is 25.7 Å². The summed E-state index contributed by atoms with van der Waals surface area (Å²) in [7, 11) is -2.00. The summed E-state index contributed by atoms with van der Waals surface area (Å²) in [5.74, 6) is 2.18. The fraction of sp³-hybridized carbons (Fsp3) is 0.174. The number of nitrogens with two attached hydrogens (primary N) is 1. The topological polar surface area (TPSA) is 106 Å². The molecule has 3 aromatic rings. The van der Waals surface area contributed by atoms with E-state index in [9.17, 15) is 8.42 Å². The van der Waals surface area contributed by atoms with Crippen LogP contribution in [-0.4, -0.2) is 21.4 Å². The molecule has 7 nitrogen and oxygen atoms in total. The van der Waals surface area contributed by atoms with Gasteiger partial charge in [0.15, 0.2) is 5.96 Å². The summed E-state index contributed by atoms with van der Waals surface area (Å²) in [6, 6.07) is 22.1. The van der Waals surface area contributed by atoms with Crippen LogP contribution in [0, 0.1) is 6.92 Å². The lowest BCUT2D eigenvalue weighted by Gasteiger charge is -2.15. The smallest absolute Gasteiger partial charge is 0.238 e. The van der Waals surface area contributed by atoms with Crippen LogP contribution in [0.15, 0.2) is 82.7 Å². The molecule has 3 rings (SSSR count). The Balaban J connectivity index is 1.62. The van der Waals surface area contributed by atoms with Crippen LogP contribution in [0.3, 0.4) is 0 Å². The van der Waals surface area contributed by atoms with Crippen LogP contribution in [0.2, 0.25) is 0 Å². The van der Waals surface area contributed by atoms with E-state index in [1.807, 2.05) is 55.5 Å². The van der Waals surface area contributed by atoms with Crippen molar-refractivity contribution < 1.29 is 13.2 Å². The number of para-hydroxylation sites is 1. The Morgan fingerprint density at radius 2 is 1.65 bits per heavy atom. The molecule has 0 aliphatic rings. The van der Waals surface area contributed by atoms with E-state index in [0.717, 1.165) is 28.2 Å². The number of sulfonamides is 1. The van der Waals surface area contributed by atoms with Crippen molar-refractivity contribution in [3.05, 3.63) is 89.5 Å². The molecule has 0 fully saturated rings. The number of rotatable bonds is 7. The van der Waals surface area contributed by atoms with Gasteiger partial charge in [-0.15, -0.1) is 0 Å². The molecule has 0 aliphatic heterocycles. The van der Waals surface area contributed by atoms with E-state index in [-0.39, 0.29) is 4.90 Å². The van der Waals surface area contributed by atoms with Gasteiger partial charge in [-0.2, -0.15) is 0 Å². The van der Waals surface area contributed by atoms with Crippen LogP contribution in [-0.2, 0) is 23.1 Å². The van der Waals surface area contributed by atoms with Crippen molar-refractivity contribution in [3.8, 4) is 11.5 Å². The summed E-state index contributed by atoms with van der Waals surface area (Å²) in [4.78, 5) is 4.33. The molecule has 3 aromatic carbocycles. The van der Waals surface area contributed by atoms with E-state index in [4.69, 9.17) is 9.88 Å². The molecule has 0 aromatic heterocycles. The van der Waals surface area contributed by atoms with Crippen molar-refractivity contribution in [1.82, 2.24) is 10.6 Å². The molecule has 0 saturated heterocycles. The second-order valence-corrected chi connectivity index (χ2v) is 8.56. The van der Waals surface area contributed by atoms with Crippen LogP contribution >= 0.6 is 0 Å². The molecule has 8 heteroatoms. The van der Waals surface area contributed by atoms with Gasteiger partial charge in [0.05, 0.1) is 4.90 Å². The molecule has 0 heterocycles. The highest BCUT2D eigenvalue weighted by molar-refractivity contribution is 7.89. The quantitative estimate of drug-likeness (QED) is 0.388. The highest BCUT2D eigenvalue weighted by atomic mass is 32.2. The fourth-order valence-electron chi connectivity index (χ4n) is 2.90. The average molecular weight is 439 g/mol. The lowest BCUT2D eigenvalue weighted by atomic mass is 10.1. The summed E-state index contributed by atoms with van der Waals surface area (Å²) >= 11 is 0. The number of aryl methyl sites for hydroxylation is 1. The second-order valence-electron chi connectivity index (χ2n) is 6.99. The summed E-state index contributed by atoms with van der Waals surface area (Å²) in [6.07, 6.45) is 0. The molecule has 0 atom stereocenters. The molecule has 0 radical (unpaired) electrons. The van der Waals surface area contributed by atoms with Crippen molar-refractivity contribution in [3.63, 3.8) is 0 Å². The molecule has 0 unspecified atom stereocenters. The minimum absolute atomic E-state index is 0.0871. The van der Waals surface area contributed by atoms with Crippen molar-refractivity contribution in [1.29, 1.82) is 0 Å². The van der Waals surface area contributed by atoms with Crippen molar-refractivity contribution in [2.24, 2.45) is 10.1 Å². The number of primary sulfonamides is 1. The number of guanidine groups is 1. The molecule has 0 saturated carbocycles. The maximum absolute atomic E-state index is 11.4. The van der Waals surface area contributed by atoms with Gasteiger partial charge in [-0.05, 0) is 48.4 Å². The lowest BCUT2D eigenvalue weighted by molar-refractivity contribution is 0.474. The summed E-state index contributed by atoms with van der Waals surface area (Å²) < 4.78 is 28.8. The molecule has 31 heavy (non-hydrogen) atoms. The number of hydrogen-bond acceptors (Lipinski definition) is 4. The van der Waals surface area contributed by atoms with Crippen LogP contribution < -0.4 is 20.5 Å². The van der Waals surface area contributed by atoms with Crippen molar-refractivity contribution in [2.45, 2.75) is 24.9 Å². The van der Waals surface area contributed by atoms with Crippen LogP contribution in [0.1, 0.15) is 16.7 Å². The Bertz CT molecular complexity index is 1150. The molecule has 0 aliphatic carbocycles. The number of ether oxygens (including phenoxy) is 1. The van der Waals surface area contributed by atoms with Gasteiger partial charge < -0.3 is 15.4 Å². The Kier molecular flexibility index (Phi) is 7.28. The van der Waals surface area contributed by atoms with Crippen molar-refractivity contribution in [2.75, 3.05) is 7.05 Å². The van der Waals surface area contributed by atoms with Crippen LogP contribution in [0.4, 0.5) is 0 Å². The summed E-state index contributed by atoms with van der Waals surface area (Å²) in [6.45, 7) is 3.02. The zero-order valence-corrected chi connectivity index (χ0v) is 18.3. The third-order valence-electron chi connectivity index (χ3n) is 4.58. The summed E-state index contributed by atoms with van der Waals surface area (Å²) in [5.41, 5.74) is 3.01. The predicted octanol–water partition coefficient (Wildman–Crippen LogP) is 3.30. The normalized spacial score (nSPS) is 11.8. The van der Waals surface area contributed by atoms with E-state index in [2.05, 4.69) is 15.6 Å². The minimum atomic E-state index is -3.69. The fourth-order valence-corrected chi connectivity index (χ4v) is 3.42. The van der Waals surface area contributed by atoms with E-state index < -0.39 is 10.0 Å². The zero-order chi connectivity index (χ0) is 22.3.